The van der Waals surface area contributed by atoms with E-state index in [2.05, 4.69) is 44.3 Å². The number of anilines is 1. The molecular formula is C16H17Cl2N. The summed E-state index contributed by atoms with van der Waals surface area (Å²) in [4.78, 5) is 0. The average Bonchev–Trinajstić information content (AvgIpc) is 2.37. The van der Waals surface area contributed by atoms with Gasteiger partial charge in [-0.25, -0.2) is 0 Å². The summed E-state index contributed by atoms with van der Waals surface area (Å²) < 4.78 is 0. The van der Waals surface area contributed by atoms with E-state index in [1.807, 2.05) is 12.1 Å². The molecule has 0 aliphatic heterocycles. The second-order valence-electron chi connectivity index (χ2n) is 4.84. The Morgan fingerprint density at radius 3 is 2.26 bits per heavy atom. The lowest BCUT2D eigenvalue weighted by Crippen LogP contribution is -2.07. The van der Waals surface area contributed by atoms with E-state index >= 15 is 0 Å². The molecule has 0 amide bonds. The topological polar surface area (TPSA) is 12.0 Å². The predicted octanol–water partition coefficient (Wildman–Crippen LogP) is 5.78. The van der Waals surface area contributed by atoms with Crippen LogP contribution in [-0.4, -0.2) is 0 Å². The summed E-state index contributed by atoms with van der Waals surface area (Å²) in [7, 11) is 0. The zero-order chi connectivity index (χ0) is 14.0. The van der Waals surface area contributed by atoms with Crippen molar-refractivity contribution in [1.82, 2.24) is 0 Å². The van der Waals surface area contributed by atoms with E-state index in [0.29, 0.717) is 10.0 Å². The highest BCUT2D eigenvalue weighted by molar-refractivity contribution is 6.42. The molecule has 0 heterocycles. The second-order valence-corrected chi connectivity index (χ2v) is 5.65. The maximum Gasteiger partial charge on any atom is 0.0612 e. The van der Waals surface area contributed by atoms with Crippen LogP contribution in [0, 0.1) is 13.8 Å². The van der Waals surface area contributed by atoms with Crippen molar-refractivity contribution >= 4 is 28.9 Å². The highest BCUT2D eigenvalue weighted by Crippen LogP contribution is 2.27. The quantitative estimate of drug-likeness (QED) is 0.756. The third kappa shape index (κ3) is 3.43. The monoisotopic (exact) mass is 293 g/mol. The van der Waals surface area contributed by atoms with Crippen molar-refractivity contribution in [3.8, 4) is 0 Å². The molecule has 0 saturated carbocycles. The van der Waals surface area contributed by atoms with Crippen LogP contribution < -0.4 is 5.32 Å². The third-order valence-corrected chi connectivity index (χ3v) is 4.07. The van der Waals surface area contributed by atoms with Gasteiger partial charge in [-0.05, 0) is 55.7 Å². The average molecular weight is 294 g/mol. The first-order valence-electron chi connectivity index (χ1n) is 6.26. The zero-order valence-corrected chi connectivity index (χ0v) is 12.8. The lowest BCUT2D eigenvalue weighted by atomic mass is 10.0. The van der Waals surface area contributed by atoms with Crippen molar-refractivity contribution < 1.29 is 0 Å². The van der Waals surface area contributed by atoms with Crippen LogP contribution in [-0.2, 0) is 0 Å². The van der Waals surface area contributed by atoms with Gasteiger partial charge in [-0.3, -0.25) is 0 Å². The van der Waals surface area contributed by atoms with Gasteiger partial charge in [-0.2, -0.15) is 0 Å². The summed E-state index contributed by atoms with van der Waals surface area (Å²) in [5, 5.41) is 4.57. The summed E-state index contributed by atoms with van der Waals surface area (Å²) in [6, 6.07) is 12.3. The Morgan fingerprint density at radius 2 is 1.63 bits per heavy atom. The molecule has 1 nitrogen and oxygen atoms in total. The molecular weight excluding hydrogens is 277 g/mol. The van der Waals surface area contributed by atoms with Crippen LogP contribution in [0.15, 0.2) is 36.4 Å². The smallest absolute Gasteiger partial charge is 0.0612 e. The van der Waals surface area contributed by atoms with Gasteiger partial charge in [0, 0.05) is 11.7 Å². The summed E-state index contributed by atoms with van der Waals surface area (Å²) in [5.41, 5.74) is 4.85. The van der Waals surface area contributed by atoms with Gasteiger partial charge in [0.05, 0.1) is 10.0 Å². The van der Waals surface area contributed by atoms with Crippen molar-refractivity contribution in [1.29, 1.82) is 0 Å². The van der Waals surface area contributed by atoms with Crippen LogP contribution >= 0.6 is 23.2 Å². The number of aryl methyl sites for hydroxylation is 2. The highest BCUT2D eigenvalue weighted by Gasteiger charge is 2.07. The predicted molar refractivity (Wildman–Crippen MR) is 84.4 cm³/mol. The molecule has 100 valence electrons. The minimum atomic E-state index is 0.219. The molecule has 2 aromatic rings. The van der Waals surface area contributed by atoms with Crippen molar-refractivity contribution in [3.63, 3.8) is 0 Å². The van der Waals surface area contributed by atoms with Gasteiger partial charge < -0.3 is 5.32 Å². The van der Waals surface area contributed by atoms with Crippen LogP contribution in [0.2, 0.25) is 10.0 Å². The maximum absolute atomic E-state index is 6.02. The van der Waals surface area contributed by atoms with Gasteiger partial charge >= 0.3 is 0 Å². The Balaban J connectivity index is 2.17. The number of nitrogens with one attached hydrogen (secondary N) is 1. The summed E-state index contributed by atoms with van der Waals surface area (Å²) in [5.74, 6) is 0. The first-order chi connectivity index (χ1) is 8.97. The summed E-state index contributed by atoms with van der Waals surface area (Å²) in [6.45, 7) is 6.38. The molecule has 1 unspecified atom stereocenters. The number of hydrogen-bond donors (Lipinski definition) is 1. The molecule has 0 spiro atoms. The molecule has 0 bridgehead atoms. The van der Waals surface area contributed by atoms with Gasteiger partial charge in [-0.1, -0.05) is 41.4 Å². The Kier molecular flexibility index (Phi) is 4.38. The Morgan fingerprint density at radius 1 is 0.895 bits per heavy atom. The van der Waals surface area contributed by atoms with Gasteiger partial charge in [0.15, 0.2) is 0 Å². The van der Waals surface area contributed by atoms with Crippen molar-refractivity contribution in [3.05, 3.63) is 63.1 Å². The number of hydrogen-bond acceptors (Lipinski definition) is 1. The normalized spacial score (nSPS) is 12.3. The maximum atomic E-state index is 6.02. The van der Waals surface area contributed by atoms with Crippen LogP contribution in [0.4, 0.5) is 5.69 Å². The molecule has 1 N–H and O–H groups in total. The fourth-order valence-corrected chi connectivity index (χ4v) is 2.25. The Hall–Kier alpha value is -1.18. The minimum absolute atomic E-state index is 0.219. The van der Waals surface area contributed by atoms with Gasteiger partial charge in [-0.15, -0.1) is 0 Å². The van der Waals surface area contributed by atoms with E-state index in [9.17, 15) is 0 Å². The second kappa shape index (κ2) is 5.85. The summed E-state index contributed by atoms with van der Waals surface area (Å²) >= 11 is 11.9. The van der Waals surface area contributed by atoms with Gasteiger partial charge in [0.2, 0.25) is 0 Å². The van der Waals surface area contributed by atoms with Crippen LogP contribution in [0.25, 0.3) is 0 Å². The molecule has 19 heavy (non-hydrogen) atoms. The molecule has 0 fully saturated rings. The lowest BCUT2D eigenvalue weighted by molar-refractivity contribution is 0.882. The minimum Gasteiger partial charge on any atom is -0.378 e. The first kappa shape index (κ1) is 14.2. The molecule has 0 saturated heterocycles. The third-order valence-electron chi connectivity index (χ3n) is 3.33. The number of rotatable bonds is 3. The molecule has 0 radical (unpaired) electrons. The number of benzene rings is 2. The fourth-order valence-electron chi connectivity index (χ4n) is 1.95. The SMILES string of the molecule is Cc1ccc(C(C)Nc2ccc(Cl)c(Cl)c2)cc1C. The zero-order valence-electron chi connectivity index (χ0n) is 11.3. The number of halogens is 2. The standard InChI is InChI=1S/C16H17Cl2N/c1-10-4-5-13(8-11(10)2)12(3)19-14-6-7-15(17)16(18)9-14/h4-9,12,19H,1-3H3. The molecule has 0 aromatic heterocycles. The van der Waals surface area contributed by atoms with E-state index in [1.54, 1.807) is 6.07 Å². The molecule has 1 atom stereocenters. The Bertz CT molecular complexity index is 593. The molecule has 2 rings (SSSR count). The first-order valence-corrected chi connectivity index (χ1v) is 7.01. The van der Waals surface area contributed by atoms with Crippen molar-refractivity contribution in [2.75, 3.05) is 5.32 Å². The largest absolute Gasteiger partial charge is 0.378 e. The van der Waals surface area contributed by atoms with Crippen LogP contribution in [0.5, 0.6) is 0 Å². The van der Waals surface area contributed by atoms with Crippen molar-refractivity contribution in [2.24, 2.45) is 0 Å². The van der Waals surface area contributed by atoms with E-state index < -0.39 is 0 Å². The molecule has 3 heteroatoms. The van der Waals surface area contributed by atoms with Crippen molar-refractivity contribution in [2.45, 2.75) is 26.8 Å². The van der Waals surface area contributed by atoms with Crippen LogP contribution in [0.3, 0.4) is 0 Å². The molecule has 0 aliphatic rings. The highest BCUT2D eigenvalue weighted by atomic mass is 35.5. The summed E-state index contributed by atoms with van der Waals surface area (Å²) in [6.07, 6.45) is 0. The molecule has 2 aromatic carbocycles. The fraction of sp³-hybridized carbons (Fsp3) is 0.250. The van der Waals surface area contributed by atoms with Gasteiger partial charge in [0.25, 0.3) is 0 Å². The van der Waals surface area contributed by atoms with Crippen LogP contribution in [0.1, 0.15) is 29.7 Å². The van der Waals surface area contributed by atoms with E-state index in [-0.39, 0.29) is 6.04 Å². The lowest BCUT2D eigenvalue weighted by Gasteiger charge is -2.17. The van der Waals surface area contributed by atoms with E-state index in [1.165, 1.54) is 16.7 Å². The Labute approximate surface area is 124 Å². The van der Waals surface area contributed by atoms with E-state index in [4.69, 9.17) is 23.2 Å². The van der Waals surface area contributed by atoms with Gasteiger partial charge in [0.1, 0.15) is 0 Å². The van der Waals surface area contributed by atoms with E-state index in [0.717, 1.165) is 5.69 Å². The molecule has 0 aliphatic carbocycles.